The van der Waals surface area contributed by atoms with Crippen LogP contribution in [0.2, 0.25) is 0 Å². The third-order valence-corrected chi connectivity index (χ3v) is 4.53. The summed E-state index contributed by atoms with van der Waals surface area (Å²) in [5, 5.41) is 13.3. The fourth-order valence-electron chi connectivity index (χ4n) is 3.26. The van der Waals surface area contributed by atoms with Crippen molar-refractivity contribution in [1.82, 2.24) is 5.32 Å². The Bertz CT molecular complexity index is 438. The number of aliphatic hydroxyl groups excluding tert-OH is 1. The van der Waals surface area contributed by atoms with E-state index in [1.165, 1.54) is 30.4 Å². The van der Waals surface area contributed by atoms with Gasteiger partial charge in [0, 0.05) is 18.5 Å². The topological polar surface area (TPSA) is 41.5 Å². The zero-order valence-corrected chi connectivity index (χ0v) is 11.5. The van der Waals surface area contributed by atoms with E-state index in [1.54, 1.807) is 0 Å². The van der Waals surface area contributed by atoms with E-state index in [-0.39, 0.29) is 12.1 Å². The molecule has 1 heterocycles. The smallest absolute Gasteiger partial charge is 0.122 e. The Hall–Kier alpha value is -1.06. The molecule has 19 heavy (non-hydrogen) atoms. The van der Waals surface area contributed by atoms with Crippen LogP contribution in [0.25, 0.3) is 0 Å². The molecule has 0 saturated heterocycles. The summed E-state index contributed by atoms with van der Waals surface area (Å²) in [7, 11) is 0. The highest BCUT2D eigenvalue weighted by Gasteiger charge is 2.30. The predicted octanol–water partition coefficient (Wildman–Crippen LogP) is 2.41. The van der Waals surface area contributed by atoms with Gasteiger partial charge < -0.3 is 15.2 Å². The highest BCUT2D eigenvalue weighted by molar-refractivity contribution is 5.39. The van der Waals surface area contributed by atoms with Crippen LogP contribution in [0.5, 0.6) is 5.75 Å². The lowest BCUT2D eigenvalue weighted by atomic mass is 9.82. The maximum Gasteiger partial charge on any atom is 0.122 e. The summed E-state index contributed by atoms with van der Waals surface area (Å²) < 4.78 is 5.53. The lowest BCUT2D eigenvalue weighted by Crippen LogP contribution is -2.49. The van der Waals surface area contributed by atoms with Gasteiger partial charge in [0.05, 0.1) is 13.2 Å². The number of nitrogens with one attached hydrogen (secondary N) is 1. The molecule has 0 unspecified atom stereocenters. The van der Waals surface area contributed by atoms with Crippen LogP contribution in [-0.4, -0.2) is 23.9 Å². The minimum Gasteiger partial charge on any atom is -0.493 e. The van der Waals surface area contributed by atoms with Crippen LogP contribution in [0.4, 0.5) is 0 Å². The van der Waals surface area contributed by atoms with Crippen molar-refractivity contribution in [3.8, 4) is 5.75 Å². The third-order valence-electron chi connectivity index (χ3n) is 4.53. The van der Waals surface area contributed by atoms with Gasteiger partial charge in [-0.3, -0.25) is 0 Å². The van der Waals surface area contributed by atoms with Gasteiger partial charge in [0.25, 0.3) is 0 Å². The quantitative estimate of drug-likeness (QED) is 0.874. The summed E-state index contributed by atoms with van der Waals surface area (Å²) in [6.07, 6.45) is 6.97. The Balaban J connectivity index is 1.65. The molecule has 1 aliphatic heterocycles. The molecule has 2 N–H and O–H groups in total. The fraction of sp³-hybridized carbons (Fsp3) is 0.625. The standard InChI is InChI=1S/C16H23NO2/c18-12-16(7-2-1-3-8-16)17-11-13-4-5-15-14(10-13)6-9-19-15/h4-5,10,17-18H,1-3,6-9,11-12H2. The first kappa shape index (κ1) is 12.9. The molecule has 0 aromatic heterocycles. The molecule has 2 aliphatic rings. The van der Waals surface area contributed by atoms with Gasteiger partial charge >= 0.3 is 0 Å². The van der Waals surface area contributed by atoms with E-state index in [2.05, 4.69) is 23.5 Å². The van der Waals surface area contributed by atoms with Crippen LogP contribution in [0, 0.1) is 0 Å². The Labute approximate surface area is 115 Å². The second-order valence-electron chi connectivity index (χ2n) is 5.89. The maximum atomic E-state index is 9.69. The van der Waals surface area contributed by atoms with Gasteiger partial charge in [-0.1, -0.05) is 31.4 Å². The van der Waals surface area contributed by atoms with Crippen LogP contribution in [0.1, 0.15) is 43.2 Å². The summed E-state index contributed by atoms with van der Waals surface area (Å²) in [6, 6.07) is 6.44. The summed E-state index contributed by atoms with van der Waals surface area (Å²) in [5.74, 6) is 1.04. The molecule has 0 radical (unpaired) electrons. The number of fused-ring (bicyclic) bond motifs is 1. The Kier molecular flexibility index (Phi) is 3.76. The minimum absolute atomic E-state index is 0.0479. The molecule has 3 nitrogen and oxygen atoms in total. The van der Waals surface area contributed by atoms with Crippen LogP contribution in [0.3, 0.4) is 0 Å². The Morgan fingerprint density at radius 2 is 2.05 bits per heavy atom. The third kappa shape index (κ3) is 2.77. The molecule has 0 amide bonds. The molecule has 0 atom stereocenters. The number of benzene rings is 1. The van der Waals surface area contributed by atoms with E-state index in [9.17, 15) is 5.11 Å². The van der Waals surface area contributed by atoms with Crippen molar-refractivity contribution in [3.05, 3.63) is 29.3 Å². The normalized spacial score (nSPS) is 20.9. The second-order valence-corrected chi connectivity index (χ2v) is 5.89. The summed E-state index contributed by atoms with van der Waals surface area (Å²) in [4.78, 5) is 0. The summed E-state index contributed by atoms with van der Waals surface area (Å²) >= 11 is 0. The maximum absolute atomic E-state index is 9.69. The SMILES string of the molecule is OCC1(NCc2ccc3c(c2)CCO3)CCCCC1. The van der Waals surface area contributed by atoms with Crippen LogP contribution < -0.4 is 10.1 Å². The number of hydrogen-bond donors (Lipinski definition) is 2. The van der Waals surface area contributed by atoms with Crippen molar-refractivity contribution < 1.29 is 9.84 Å². The lowest BCUT2D eigenvalue weighted by molar-refractivity contribution is 0.119. The first-order valence-electron chi connectivity index (χ1n) is 7.42. The van der Waals surface area contributed by atoms with Crippen molar-refractivity contribution in [2.24, 2.45) is 0 Å². The fourth-order valence-corrected chi connectivity index (χ4v) is 3.26. The highest BCUT2D eigenvalue weighted by Crippen LogP contribution is 2.29. The predicted molar refractivity (Wildman–Crippen MR) is 75.4 cm³/mol. The number of hydrogen-bond acceptors (Lipinski definition) is 3. The molecule has 1 aliphatic carbocycles. The second kappa shape index (κ2) is 5.51. The Morgan fingerprint density at radius 3 is 2.84 bits per heavy atom. The van der Waals surface area contributed by atoms with Crippen LogP contribution in [0.15, 0.2) is 18.2 Å². The van der Waals surface area contributed by atoms with E-state index in [0.717, 1.165) is 38.2 Å². The largest absolute Gasteiger partial charge is 0.493 e. The Morgan fingerprint density at radius 1 is 1.21 bits per heavy atom. The van der Waals surface area contributed by atoms with Gasteiger partial charge in [-0.2, -0.15) is 0 Å². The molecule has 1 aromatic carbocycles. The first-order chi connectivity index (χ1) is 9.31. The average molecular weight is 261 g/mol. The number of ether oxygens (including phenoxy) is 1. The van der Waals surface area contributed by atoms with E-state index in [0.29, 0.717) is 0 Å². The number of aliphatic hydroxyl groups is 1. The molecule has 3 heteroatoms. The van der Waals surface area contributed by atoms with Crippen molar-refractivity contribution in [1.29, 1.82) is 0 Å². The van der Waals surface area contributed by atoms with Crippen molar-refractivity contribution in [2.75, 3.05) is 13.2 Å². The minimum atomic E-state index is -0.0479. The zero-order valence-electron chi connectivity index (χ0n) is 11.5. The molecule has 0 spiro atoms. The number of rotatable bonds is 4. The first-order valence-corrected chi connectivity index (χ1v) is 7.42. The molecule has 1 fully saturated rings. The van der Waals surface area contributed by atoms with Crippen molar-refractivity contribution in [2.45, 2.75) is 50.6 Å². The van der Waals surface area contributed by atoms with E-state index < -0.39 is 0 Å². The van der Waals surface area contributed by atoms with Crippen LogP contribution in [-0.2, 0) is 13.0 Å². The average Bonchev–Trinajstić information content (AvgIpc) is 2.93. The summed E-state index contributed by atoms with van der Waals surface area (Å²) in [6.45, 7) is 1.90. The highest BCUT2D eigenvalue weighted by atomic mass is 16.5. The molecule has 1 saturated carbocycles. The molecule has 0 bridgehead atoms. The lowest BCUT2D eigenvalue weighted by Gasteiger charge is -2.36. The van der Waals surface area contributed by atoms with Crippen LogP contribution >= 0.6 is 0 Å². The van der Waals surface area contributed by atoms with Crippen molar-refractivity contribution >= 4 is 0 Å². The zero-order chi connectivity index (χ0) is 13.1. The van der Waals surface area contributed by atoms with E-state index >= 15 is 0 Å². The molecule has 104 valence electrons. The van der Waals surface area contributed by atoms with Gasteiger partial charge in [-0.15, -0.1) is 0 Å². The molecular weight excluding hydrogens is 238 g/mol. The summed E-state index contributed by atoms with van der Waals surface area (Å²) in [5.41, 5.74) is 2.57. The molecule has 1 aromatic rings. The molecule has 3 rings (SSSR count). The van der Waals surface area contributed by atoms with Gasteiger partial charge in [0.2, 0.25) is 0 Å². The van der Waals surface area contributed by atoms with E-state index in [1.807, 2.05) is 0 Å². The van der Waals surface area contributed by atoms with Gasteiger partial charge in [-0.25, -0.2) is 0 Å². The van der Waals surface area contributed by atoms with Gasteiger partial charge in [0.1, 0.15) is 5.75 Å². The van der Waals surface area contributed by atoms with Gasteiger partial charge in [0.15, 0.2) is 0 Å². The van der Waals surface area contributed by atoms with Gasteiger partial charge in [-0.05, 0) is 30.0 Å². The van der Waals surface area contributed by atoms with E-state index in [4.69, 9.17) is 4.74 Å². The molecular formula is C16H23NO2. The van der Waals surface area contributed by atoms with Crippen molar-refractivity contribution in [3.63, 3.8) is 0 Å². The monoisotopic (exact) mass is 261 g/mol.